The standard InChI is InChI=1S/C18H19F2NO3/c1-21(10-12-6-8-13(9-7-12)18(23)24-2)11-16(22)17-14(19)4-3-5-15(17)20/h3-9,16,22H,10-11H2,1-2H3. The number of ether oxygens (including phenoxy) is 1. The van der Waals surface area contributed by atoms with Crippen LogP contribution in [0.15, 0.2) is 42.5 Å². The van der Waals surface area contributed by atoms with Crippen molar-refractivity contribution >= 4 is 5.97 Å². The third-order valence-corrected chi connectivity index (χ3v) is 3.65. The number of carbonyl (C=O) groups excluding carboxylic acids is 1. The molecule has 24 heavy (non-hydrogen) atoms. The van der Waals surface area contributed by atoms with Gasteiger partial charge in [0.2, 0.25) is 0 Å². The number of esters is 1. The van der Waals surface area contributed by atoms with Gasteiger partial charge in [0.15, 0.2) is 0 Å². The Kier molecular flexibility index (Phi) is 6.00. The highest BCUT2D eigenvalue weighted by Gasteiger charge is 2.19. The van der Waals surface area contributed by atoms with E-state index < -0.39 is 23.7 Å². The molecule has 1 atom stereocenters. The van der Waals surface area contributed by atoms with E-state index in [1.165, 1.54) is 13.2 Å². The number of rotatable bonds is 6. The van der Waals surface area contributed by atoms with Gasteiger partial charge in [-0.2, -0.15) is 0 Å². The van der Waals surface area contributed by atoms with Gasteiger partial charge in [0.25, 0.3) is 0 Å². The zero-order valence-electron chi connectivity index (χ0n) is 13.5. The van der Waals surface area contributed by atoms with Crippen LogP contribution in [0.4, 0.5) is 8.78 Å². The summed E-state index contributed by atoms with van der Waals surface area (Å²) < 4.78 is 32.0. The minimum atomic E-state index is -1.27. The molecule has 1 N–H and O–H groups in total. The van der Waals surface area contributed by atoms with Gasteiger partial charge in [-0.25, -0.2) is 13.6 Å². The van der Waals surface area contributed by atoms with E-state index in [4.69, 9.17) is 0 Å². The molecule has 0 amide bonds. The highest BCUT2D eigenvalue weighted by atomic mass is 19.1. The van der Waals surface area contributed by atoms with Gasteiger partial charge in [-0.15, -0.1) is 0 Å². The summed E-state index contributed by atoms with van der Waals surface area (Å²) in [6.07, 6.45) is -1.27. The topological polar surface area (TPSA) is 49.8 Å². The summed E-state index contributed by atoms with van der Waals surface area (Å²) in [7, 11) is 3.05. The van der Waals surface area contributed by atoms with Crippen molar-refractivity contribution in [1.82, 2.24) is 4.90 Å². The zero-order chi connectivity index (χ0) is 17.7. The SMILES string of the molecule is COC(=O)c1ccc(CN(C)CC(O)c2c(F)cccc2F)cc1. The first-order valence-corrected chi connectivity index (χ1v) is 7.40. The fourth-order valence-corrected chi connectivity index (χ4v) is 2.46. The van der Waals surface area contributed by atoms with E-state index in [0.29, 0.717) is 12.1 Å². The van der Waals surface area contributed by atoms with Crippen molar-refractivity contribution < 1.29 is 23.4 Å². The maximum atomic E-state index is 13.7. The van der Waals surface area contributed by atoms with Gasteiger partial charge in [0.1, 0.15) is 11.6 Å². The first kappa shape index (κ1) is 18.0. The van der Waals surface area contributed by atoms with Gasteiger partial charge in [0.05, 0.1) is 24.3 Å². The Labute approximate surface area is 139 Å². The second kappa shape index (κ2) is 7.99. The Hall–Kier alpha value is -2.31. The van der Waals surface area contributed by atoms with Crippen LogP contribution < -0.4 is 0 Å². The van der Waals surface area contributed by atoms with Crippen LogP contribution in [0.1, 0.15) is 27.6 Å². The van der Waals surface area contributed by atoms with Gasteiger partial charge >= 0.3 is 5.97 Å². The number of aliphatic hydroxyl groups excluding tert-OH is 1. The number of hydrogen-bond acceptors (Lipinski definition) is 4. The van der Waals surface area contributed by atoms with Crippen molar-refractivity contribution in [3.8, 4) is 0 Å². The van der Waals surface area contributed by atoms with Crippen LogP contribution in [-0.2, 0) is 11.3 Å². The molecule has 6 heteroatoms. The number of hydrogen-bond donors (Lipinski definition) is 1. The molecule has 0 aliphatic carbocycles. The van der Waals surface area contributed by atoms with E-state index >= 15 is 0 Å². The lowest BCUT2D eigenvalue weighted by atomic mass is 10.1. The smallest absolute Gasteiger partial charge is 0.337 e. The van der Waals surface area contributed by atoms with E-state index in [9.17, 15) is 18.7 Å². The number of halogens is 2. The van der Waals surface area contributed by atoms with E-state index in [0.717, 1.165) is 17.7 Å². The summed E-state index contributed by atoms with van der Waals surface area (Å²) in [6, 6.07) is 10.3. The van der Waals surface area contributed by atoms with Crippen LogP contribution in [0.25, 0.3) is 0 Å². The summed E-state index contributed by atoms with van der Waals surface area (Å²) in [4.78, 5) is 13.1. The maximum absolute atomic E-state index is 13.7. The Morgan fingerprint density at radius 1 is 1.17 bits per heavy atom. The lowest BCUT2D eigenvalue weighted by molar-refractivity contribution is 0.0600. The number of methoxy groups -OCH3 is 1. The zero-order valence-corrected chi connectivity index (χ0v) is 13.5. The van der Waals surface area contributed by atoms with Crippen molar-refractivity contribution in [3.63, 3.8) is 0 Å². The summed E-state index contributed by atoms with van der Waals surface area (Å²) >= 11 is 0. The molecule has 0 heterocycles. The molecule has 0 saturated heterocycles. The molecule has 0 aliphatic rings. The van der Waals surface area contributed by atoms with E-state index in [-0.39, 0.29) is 12.1 Å². The normalized spacial score (nSPS) is 12.2. The van der Waals surface area contributed by atoms with Crippen LogP contribution in [0.2, 0.25) is 0 Å². The highest BCUT2D eigenvalue weighted by molar-refractivity contribution is 5.89. The van der Waals surface area contributed by atoms with Crippen molar-refractivity contribution in [3.05, 3.63) is 70.8 Å². The number of likely N-dealkylation sites (N-methyl/N-ethyl adjacent to an activating group) is 1. The molecule has 0 aliphatic heterocycles. The van der Waals surface area contributed by atoms with Crippen LogP contribution in [0.5, 0.6) is 0 Å². The number of aliphatic hydroxyl groups is 1. The Bertz CT molecular complexity index is 684. The third-order valence-electron chi connectivity index (χ3n) is 3.65. The minimum Gasteiger partial charge on any atom is -0.465 e. The van der Waals surface area contributed by atoms with Crippen LogP contribution in [-0.4, -0.2) is 36.7 Å². The van der Waals surface area contributed by atoms with Crippen molar-refractivity contribution in [1.29, 1.82) is 0 Å². The molecule has 2 rings (SSSR count). The van der Waals surface area contributed by atoms with Crippen molar-refractivity contribution in [2.24, 2.45) is 0 Å². The summed E-state index contributed by atoms with van der Waals surface area (Å²) in [6.45, 7) is 0.519. The Balaban J connectivity index is 2.00. The molecule has 0 spiro atoms. The maximum Gasteiger partial charge on any atom is 0.337 e. The summed E-state index contributed by atoms with van der Waals surface area (Å²) in [5.41, 5.74) is 1.01. The molecule has 0 saturated carbocycles. The molecule has 2 aromatic rings. The average molecular weight is 335 g/mol. The predicted molar refractivity (Wildman–Crippen MR) is 85.4 cm³/mol. The largest absolute Gasteiger partial charge is 0.465 e. The highest BCUT2D eigenvalue weighted by Crippen LogP contribution is 2.21. The first-order valence-electron chi connectivity index (χ1n) is 7.40. The second-order valence-electron chi connectivity index (χ2n) is 5.54. The molecular weight excluding hydrogens is 316 g/mol. The molecule has 0 bridgehead atoms. The molecule has 1 unspecified atom stereocenters. The molecule has 0 radical (unpaired) electrons. The molecule has 0 aromatic heterocycles. The number of benzene rings is 2. The van der Waals surface area contributed by atoms with Gasteiger partial charge in [-0.1, -0.05) is 18.2 Å². The molecule has 128 valence electrons. The van der Waals surface area contributed by atoms with Gasteiger partial charge in [0, 0.05) is 13.1 Å². The predicted octanol–water partition coefficient (Wildman–Crippen LogP) is 2.92. The molecule has 2 aromatic carbocycles. The minimum absolute atomic E-state index is 0.0661. The van der Waals surface area contributed by atoms with Gasteiger partial charge in [-0.05, 0) is 36.9 Å². The van der Waals surface area contributed by atoms with Gasteiger partial charge in [-0.3, -0.25) is 4.90 Å². The number of carbonyl (C=O) groups is 1. The van der Waals surface area contributed by atoms with Crippen molar-refractivity contribution in [2.75, 3.05) is 20.7 Å². The third kappa shape index (κ3) is 4.37. The Morgan fingerprint density at radius 2 is 1.75 bits per heavy atom. The lowest BCUT2D eigenvalue weighted by Crippen LogP contribution is -2.25. The molecule has 0 fully saturated rings. The lowest BCUT2D eigenvalue weighted by Gasteiger charge is -2.21. The van der Waals surface area contributed by atoms with E-state index in [1.54, 1.807) is 36.2 Å². The molecule has 4 nitrogen and oxygen atoms in total. The van der Waals surface area contributed by atoms with Crippen LogP contribution in [0.3, 0.4) is 0 Å². The van der Waals surface area contributed by atoms with E-state index in [1.807, 2.05) is 0 Å². The fraction of sp³-hybridized carbons (Fsp3) is 0.278. The summed E-state index contributed by atoms with van der Waals surface area (Å²) in [5.74, 6) is -1.95. The van der Waals surface area contributed by atoms with Crippen molar-refractivity contribution in [2.45, 2.75) is 12.6 Å². The van der Waals surface area contributed by atoms with Crippen LogP contribution >= 0.6 is 0 Å². The fourth-order valence-electron chi connectivity index (χ4n) is 2.46. The Morgan fingerprint density at radius 3 is 2.29 bits per heavy atom. The average Bonchev–Trinajstić information content (AvgIpc) is 2.54. The number of nitrogens with zero attached hydrogens (tertiary/aromatic N) is 1. The molecular formula is C18H19F2NO3. The monoisotopic (exact) mass is 335 g/mol. The first-order chi connectivity index (χ1) is 11.4. The van der Waals surface area contributed by atoms with Gasteiger partial charge < -0.3 is 9.84 Å². The van der Waals surface area contributed by atoms with E-state index in [2.05, 4.69) is 4.74 Å². The quantitative estimate of drug-likeness (QED) is 0.825. The van der Waals surface area contributed by atoms with Crippen LogP contribution in [0, 0.1) is 11.6 Å². The summed E-state index contributed by atoms with van der Waals surface area (Å²) in [5, 5.41) is 10.1. The second-order valence-corrected chi connectivity index (χ2v) is 5.54.